The number of carbonyl (C=O) groups is 6. The molecule has 0 spiro atoms. The predicted molar refractivity (Wildman–Crippen MR) is 166 cm³/mol. The minimum atomic E-state index is -0.746. The molecular weight excluding hydrogens is 596 g/mol. The molecule has 0 fully saturated rings. The van der Waals surface area contributed by atoms with Gasteiger partial charge in [0.15, 0.2) is 0 Å². The summed E-state index contributed by atoms with van der Waals surface area (Å²) in [5.41, 5.74) is 1.13. The first-order valence-corrected chi connectivity index (χ1v) is 13.6. The second kappa shape index (κ2) is 14.4. The van der Waals surface area contributed by atoms with Crippen molar-refractivity contribution in [3.05, 3.63) is 118 Å². The molecule has 0 heterocycles. The van der Waals surface area contributed by atoms with Gasteiger partial charge in [-0.3, -0.25) is 9.59 Å². The number of methoxy groups -OCH3 is 4. The van der Waals surface area contributed by atoms with Crippen molar-refractivity contribution in [2.45, 2.75) is 0 Å². The van der Waals surface area contributed by atoms with Crippen LogP contribution in [-0.2, 0) is 18.9 Å². The SMILES string of the molecule is COC(=O)c1ccc(C(=O)OC)c(NC(=O)c2ccccc2-c2ccccc2C(=O)Nc2cc(C(=O)OC)ccc2C(=O)OC)c1. The maximum absolute atomic E-state index is 13.7. The first kappa shape index (κ1) is 32.6. The van der Waals surface area contributed by atoms with Crippen molar-refractivity contribution in [1.29, 1.82) is 0 Å². The fourth-order valence-electron chi connectivity index (χ4n) is 4.57. The second-order valence-corrected chi connectivity index (χ2v) is 9.49. The molecule has 0 aliphatic carbocycles. The van der Waals surface area contributed by atoms with Gasteiger partial charge in [0.25, 0.3) is 11.8 Å². The number of nitrogens with one attached hydrogen (secondary N) is 2. The Labute approximate surface area is 263 Å². The number of esters is 4. The average Bonchev–Trinajstić information content (AvgIpc) is 3.10. The number of rotatable bonds is 9. The van der Waals surface area contributed by atoms with Crippen LogP contribution in [0.1, 0.15) is 62.1 Å². The van der Waals surface area contributed by atoms with Gasteiger partial charge >= 0.3 is 23.9 Å². The molecule has 0 atom stereocenters. The van der Waals surface area contributed by atoms with E-state index in [-0.39, 0.29) is 44.8 Å². The van der Waals surface area contributed by atoms with Crippen molar-refractivity contribution in [3.63, 3.8) is 0 Å². The van der Waals surface area contributed by atoms with E-state index in [1.54, 1.807) is 36.4 Å². The highest BCUT2D eigenvalue weighted by Gasteiger charge is 2.23. The summed E-state index contributed by atoms with van der Waals surface area (Å²) >= 11 is 0. The molecule has 12 heteroatoms. The number of anilines is 2. The molecule has 0 saturated carbocycles. The van der Waals surface area contributed by atoms with Crippen molar-refractivity contribution in [1.82, 2.24) is 0 Å². The monoisotopic (exact) mass is 624 g/mol. The number of hydrogen-bond acceptors (Lipinski definition) is 10. The van der Waals surface area contributed by atoms with E-state index in [1.807, 2.05) is 0 Å². The van der Waals surface area contributed by atoms with Gasteiger partial charge in [0.05, 0.1) is 62.1 Å². The predicted octanol–water partition coefficient (Wildman–Crippen LogP) is 5.00. The van der Waals surface area contributed by atoms with Gasteiger partial charge in [-0.2, -0.15) is 0 Å². The molecular formula is C34H28N2O10. The standard InChI is InChI=1S/C34H28N2O10/c1-43-31(39)19-13-15-25(33(41)45-3)27(17-19)35-29(37)23-11-7-5-9-21(23)22-10-6-8-12-24(22)30(38)36-28-18-20(32(40)44-2)14-16-26(28)34(42)46-4/h5-18H,1-4H3,(H,35,37)(H,36,38). The van der Waals surface area contributed by atoms with Gasteiger partial charge in [-0.25, -0.2) is 19.2 Å². The first-order chi connectivity index (χ1) is 22.1. The van der Waals surface area contributed by atoms with Gasteiger partial charge in [-0.05, 0) is 59.7 Å². The van der Waals surface area contributed by atoms with Crippen LogP contribution in [-0.4, -0.2) is 64.1 Å². The van der Waals surface area contributed by atoms with Crippen molar-refractivity contribution in [2.75, 3.05) is 39.1 Å². The van der Waals surface area contributed by atoms with E-state index in [4.69, 9.17) is 18.9 Å². The maximum Gasteiger partial charge on any atom is 0.339 e. The zero-order chi connectivity index (χ0) is 33.4. The molecule has 0 unspecified atom stereocenters. The maximum atomic E-state index is 13.7. The number of carbonyl (C=O) groups excluding carboxylic acids is 6. The third-order valence-corrected chi connectivity index (χ3v) is 6.82. The Bertz CT molecular complexity index is 1730. The molecule has 0 radical (unpaired) electrons. The molecule has 4 aromatic rings. The van der Waals surface area contributed by atoms with E-state index in [0.29, 0.717) is 11.1 Å². The third kappa shape index (κ3) is 6.91. The largest absolute Gasteiger partial charge is 0.465 e. The summed E-state index contributed by atoms with van der Waals surface area (Å²) in [5, 5.41) is 5.33. The van der Waals surface area contributed by atoms with E-state index in [1.165, 1.54) is 77.0 Å². The molecule has 234 valence electrons. The minimum Gasteiger partial charge on any atom is -0.465 e. The molecule has 0 aliphatic heterocycles. The number of amides is 2. The van der Waals surface area contributed by atoms with Crippen LogP contribution in [0, 0.1) is 0 Å². The zero-order valence-corrected chi connectivity index (χ0v) is 25.2. The van der Waals surface area contributed by atoms with E-state index in [2.05, 4.69) is 10.6 Å². The van der Waals surface area contributed by atoms with Crippen molar-refractivity contribution in [2.24, 2.45) is 0 Å². The van der Waals surface area contributed by atoms with Crippen LogP contribution < -0.4 is 10.6 Å². The Kier molecular flexibility index (Phi) is 10.2. The topological polar surface area (TPSA) is 163 Å². The average molecular weight is 625 g/mol. The summed E-state index contributed by atoms with van der Waals surface area (Å²) in [5.74, 6) is -4.16. The van der Waals surface area contributed by atoms with Crippen molar-refractivity contribution < 1.29 is 47.7 Å². The van der Waals surface area contributed by atoms with Crippen LogP contribution in [0.2, 0.25) is 0 Å². The van der Waals surface area contributed by atoms with Crippen LogP contribution >= 0.6 is 0 Å². The molecule has 0 bridgehead atoms. The van der Waals surface area contributed by atoms with Crippen molar-refractivity contribution in [3.8, 4) is 11.1 Å². The summed E-state index contributed by atoms with van der Waals surface area (Å²) in [6.45, 7) is 0. The summed E-state index contributed by atoms with van der Waals surface area (Å²) < 4.78 is 19.2. The molecule has 2 amide bonds. The number of hydrogen-bond donors (Lipinski definition) is 2. The summed E-state index contributed by atoms with van der Waals surface area (Å²) in [7, 11) is 4.76. The fraction of sp³-hybridized carbons (Fsp3) is 0.118. The smallest absolute Gasteiger partial charge is 0.339 e. The van der Waals surface area contributed by atoms with Crippen LogP contribution in [0.25, 0.3) is 11.1 Å². The Morgan fingerprint density at radius 2 is 0.783 bits per heavy atom. The van der Waals surface area contributed by atoms with Gasteiger partial charge in [0.1, 0.15) is 0 Å². The minimum absolute atomic E-state index is 0.00130. The summed E-state index contributed by atoms with van der Waals surface area (Å²) in [6.07, 6.45) is 0. The van der Waals surface area contributed by atoms with E-state index in [0.717, 1.165) is 0 Å². The lowest BCUT2D eigenvalue weighted by atomic mass is 9.94. The Hall–Kier alpha value is -6.30. The van der Waals surface area contributed by atoms with Crippen LogP contribution in [0.15, 0.2) is 84.9 Å². The van der Waals surface area contributed by atoms with Gasteiger partial charge in [0, 0.05) is 11.1 Å². The highest BCUT2D eigenvalue weighted by Crippen LogP contribution is 2.30. The molecule has 0 aromatic heterocycles. The van der Waals surface area contributed by atoms with E-state index >= 15 is 0 Å². The van der Waals surface area contributed by atoms with Crippen LogP contribution in [0.5, 0.6) is 0 Å². The van der Waals surface area contributed by atoms with Gasteiger partial charge in [-0.15, -0.1) is 0 Å². The molecule has 2 N–H and O–H groups in total. The van der Waals surface area contributed by atoms with E-state index < -0.39 is 35.7 Å². The normalized spacial score (nSPS) is 10.3. The second-order valence-electron chi connectivity index (χ2n) is 9.49. The first-order valence-electron chi connectivity index (χ1n) is 13.6. The summed E-state index contributed by atoms with van der Waals surface area (Å²) in [6, 6.07) is 20.9. The zero-order valence-electron chi connectivity index (χ0n) is 25.2. The molecule has 0 aliphatic rings. The highest BCUT2D eigenvalue weighted by molar-refractivity contribution is 6.15. The van der Waals surface area contributed by atoms with E-state index in [9.17, 15) is 28.8 Å². The van der Waals surface area contributed by atoms with Crippen LogP contribution in [0.4, 0.5) is 11.4 Å². The molecule has 0 saturated heterocycles. The Morgan fingerprint density at radius 3 is 1.13 bits per heavy atom. The molecule has 46 heavy (non-hydrogen) atoms. The van der Waals surface area contributed by atoms with Crippen LogP contribution in [0.3, 0.4) is 0 Å². The molecule has 4 aromatic carbocycles. The van der Waals surface area contributed by atoms with Gasteiger partial charge in [0.2, 0.25) is 0 Å². The van der Waals surface area contributed by atoms with Crippen molar-refractivity contribution >= 4 is 47.1 Å². The highest BCUT2D eigenvalue weighted by atomic mass is 16.5. The summed E-state index contributed by atoms with van der Waals surface area (Å²) in [4.78, 5) is 76.6. The third-order valence-electron chi connectivity index (χ3n) is 6.82. The van der Waals surface area contributed by atoms with Gasteiger partial charge in [-0.1, -0.05) is 36.4 Å². The fourth-order valence-corrected chi connectivity index (χ4v) is 4.57. The molecule has 12 nitrogen and oxygen atoms in total. The number of ether oxygens (including phenoxy) is 4. The number of benzene rings is 4. The Balaban J connectivity index is 1.74. The lowest BCUT2D eigenvalue weighted by Gasteiger charge is -2.16. The Morgan fingerprint density at radius 1 is 0.435 bits per heavy atom. The lowest BCUT2D eigenvalue weighted by Crippen LogP contribution is -2.19. The van der Waals surface area contributed by atoms with Gasteiger partial charge < -0.3 is 29.6 Å². The quantitative estimate of drug-likeness (QED) is 0.191. The molecule has 4 rings (SSSR count). The lowest BCUT2D eigenvalue weighted by molar-refractivity contribution is 0.0587.